The van der Waals surface area contributed by atoms with Crippen LogP contribution in [0.5, 0.6) is 0 Å². The third kappa shape index (κ3) is 10.4. The van der Waals surface area contributed by atoms with Crippen molar-refractivity contribution in [3.05, 3.63) is 108 Å². The number of esters is 1. The Morgan fingerprint density at radius 1 is 0.750 bits per heavy atom. The molecule has 0 aliphatic rings. The lowest BCUT2D eigenvalue weighted by Crippen LogP contribution is -2.46. The summed E-state index contributed by atoms with van der Waals surface area (Å²) in [5.74, 6) is -1.46. The Labute approximate surface area is 212 Å². The number of hydrogen-bond acceptors (Lipinski definition) is 6. The molecule has 0 bridgehead atoms. The maximum absolute atomic E-state index is 12.7. The molecule has 3 aromatic rings. The van der Waals surface area contributed by atoms with Crippen molar-refractivity contribution in [3.63, 3.8) is 0 Å². The zero-order valence-electron chi connectivity index (χ0n) is 19.9. The van der Waals surface area contributed by atoms with E-state index < -0.39 is 33.7 Å². The number of sulfonamides is 1. The highest BCUT2D eigenvalue weighted by atomic mass is 32.2. The van der Waals surface area contributed by atoms with E-state index in [4.69, 9.17) is 4.74 Å². The van der Waals surface area contributed by atoms with Gasteiger partial charge in [-0.1, -0.05) is 91.0 Å². The van der Waals surface area contributed by atoms with E-state index in [1.165, 1.54) is 0 Å². The lowest BCUT2D eigenvalue weighted by Gasteiger charge is -2.19. The van der Waals surface area contributed by atoms with E-state index in [-0.39, 0.29) is 26.1 Å². The Kier molecular flexibility index (Phi) is 10.6. The van der Waals surface area contributed by atoms with E-state index in [0.717, 1.165) is 16.7 Å². The molecule has 0 spiro atoms. The lowest BCUT2D eigenvalue weighted by molar-refractivity contribution is -0.145. The van der Waals surface area contributed by atoms with E-state index >= 15 is 0 Å². The predicted molar refractivity (Wildman–Crippen MR) is 138 cm³/mol. The van der Waals surface area contributed by atoms with Crippen molar-refractivity contribution in [3.8, 4) is 0 Å². The molecule has 3 rings (SSSR count). The summed E-state index contributed by atoms with van der Waals surface area (Å²) in [4.78, 5) is 25.0. The minimum absolute atomic E-state index is 0.0258. The number of benzene rings is 3. The first-order valence-electron chi connectivity index (χ1n) is 11.6. The lowest BCUT2D eigenvalue weighted by atomic mass is 10.2. The Bertz CT molecular complexity index is 1190. The summed E-state index contributed by atoms with van der Waals surface area (Å²) in [5.41, 5.74) is 2.63. The second-order valence-corrected chi connectivity index (χ2v) is 10.1. The Balaban J connectivity index is 1.56. The van der Waals surface area contributed by atoms with E-state index in [2.05, 4.69) is 15.4 Å². The fourth-order valence-electron chi connectivity index (χ4n) is 3.46. The van der Waals surface area contributed by atoms with Crippen LogP contribution in [-0.2, 0) is 44.0 Å². The zero-order valence-corrected chi connectivity index (χ0v) is 20.7. The highest BCUT2D eigenvalue weighted by Crippen LogP contribution is 2.06. The van der Waals surface area contributed by atoms with E-state index in [1.807, 2.05) is 78.9 Å². The van der Waals surface area contributed by atoms with Crippen molar-refractivity contribution in [2.24, 2.45) is 0 Å². The van der Waals surface area contributed by atoms with E-state index in [9.17, 15) is 18.0 Å². The number of rotatable bonds is 14. The first kappa shape index (κ1) is 27.1. The number of carbonyl (C=O) groups is 2. The topological polar surface area (TPSA) is 114 Å². The molecule has 1 unspecified atom stereocenters. The zero-order chi connectivity index (χ0) is 25.6. The van der Waals surface area contributed by atoms with Gasteiger partial charge in [-0.05, 0) is 16.7 Å². The number of nitrogens with one attached hydrogen (secondary N) is 3. The summed E-state index contributed by atoms with van der Waals surface area (Å²) in [6, 6.07) is 26.9. The molecule has 190 valence electrons. The van der Waals surface area contributed by atoms with Crippen LogP contribution in [0.2, 0.25) is 0 Å². The maximum Gasteiger partial charge on any atom is 0.308 e. The molecule has 3 aromatic carbocycles. The number of hydrogen-bond donors (Lipinski definition) is 3. The summed E-state index contributed by atoms with van der Waals surface area (Å²) in [5, 5.41) is 5.69. The first-order chi connectivity index (χ1) is 17.4. The molecule has 0 heterocycles. The Hall–Kier alpha value is -3.53. The highest BCUT2D eigenvalue weighted by molar-refractivity contribution is 7.89. The Morgan fingerprint density at radius 3 is 1.86 bits per heavy atom. The van der Waals surface area contributed by atoms with Crippen LogP contribution in [0.15, 0.2) is 91.0 Å². The Morgan fingerprint density at radius 2 is 1.28 bits per heavy atom. The van der Waals surface area contributed by atoms with Gasteiger partial charge >= 0.3 is 5.97 Å². The molecule has 8 nitrogen and oxygen atoms in total. The van der Waals surface area contributed by atoms with Crippen LogP contribution in [0.4, 0.5) is 0 Å². The predicted octanol–water partition coefficient (Wildman–Crippen LogP) is 2.51. The number of amides is 1. The smallest absolute Gasteiger partial charge is 0.308 e. The molecule has 0 saturated carbocycles. The second kappa shape index (κ2) is 14.1. The van der Waals surface area contributed by atoms with Crippen molar-refractivity contribution in [1.82, 2.24) is 15.4 Å². The van der Waals surface area contributed by atoms with Gasteiger partial charge in [-0.2, -0.15) is 0 Å². The van der Waals surface area contributed by atoms with E-state index in [1.54, 1.807) is 12.1 Å². The summed E-state index contributed by atoms with van der Waals surface area (Å²) in [6.07, 6.45) is -0.274. The quantitative estimate of drug-likeness (QED) is 0.288. The molecule has 0 aliphatic carbocycles. The van der Waals surface area contributed by atoms with Crippen molar-refractivity contribution in [1.29, 1.82) is 0 Å². The van der Waals surface area contributed by atoms with Crippen molar-refractivity contribution < 1.29 is 22.7 Å². The van der Waals surface area contributed by atoms with Gasteiger partial charge in [0.15, 0.2) is 0 Å². The molecule has 3 N–H and O–H groups in total. The molecule has 1 amide bonds. The summed E-state index contributed by atoms with van der Waals surface area (Å²) in [7, 11) is -3.79. The van der Waals surface area contributed by atoms with Crippen LogP contribution in [0.3, 0.4) is 0 Å². The maximum atomic E-state index is 12.7. The van der Waals surface area contributed by atoms with Gasteiger partial charge in [-0.15, -0.1) is 0 Å². The van der Waals surface area contributed by atoms with Crippen LogP contribution in [0.1, 0.15) is 23.1 Å². The third-order valence-corrected chi connectivity index (χ3v) is 6.66. The fourth-order valence-corrected chi connectivity index (χ4v) is 4.69. The minimum Gasteiger partial charge on any atom is -0.461 e. The third-order valence-electron chi connectivity index (χ3n) is 5.24. The molecule has 0 radical (unpaired) electrons. The fraction of sp³-hybridized carbons (Fsp3) is 0.259. The molecule has 1 atom stereocenters. The molecule has 0 aliphatic heterocycles. The van der Waals surface area contributed by atoms with Crippen molar-refractivity contribution >= 4 is 21.9 Å². The second-order valence-electron chi connectivity index (χ2n) is 8.29. The largest absolute Gasteiger partial charge is 0.461 e. The first-order valence-corrected chi connectivity index (χ1v) is 13.3. The highest BCUT2D eigenvalue weighted by Gasteiger charge is 2.24. The van der Waals surface area contributed by atoms with Gasteiger partial charge in [0.2, 0.25) is 15.9 Å². The summed E-state index contributed by atoms with van der Waals surface area (Å²) < 4.78 is 33.3. The molecule has 0 fully saturated rings. The van der Waals surface area contributed by atoms with Crippen LogP contribution < -0.4 is 15.4 Å². The van der Waals surface area contributed by atoms with E-state index in [0.29, 0.717) is 6.54 Å². The van der Waals surface area contributed by atoms with Gasteiger partial charge in [0.25, 0.3) is 0 Å². The normalized spacial score (nSPS) is 12.0. The average Bonchev–Trinajstić information content (AvgIpc) is 2.88. The molecule has 0 aromatic heterocycles. The van der Waals surface area contributed by atoms with Crippen molar-refractivity contribution in [2.45, 2.75) is 32.2 Å². The van der Waals surface area contributed by atoms with Gasteiger partial charge < -0.3 is 15.4 Å². The number of carbonyl (C=O) groups excluding carboxylic acids is 2. The SMILES string of the molecule is O=C(CNCc1ccccc1)NC(CC(=O)OCc1ccccc1)CS(=O)(=O)NCc1ccccc1. The molecule has 0 saturated heterocycles. The average molecular weight is 510 g/mol. The van der Waals surface area contributed by atoms with Crippen LogP contribution >= 0.6 is 0 Å². The summed E-state index contributed by atoms with van der Waals surface area (Å²) >= 11 is 0. The molecule has 9 heteroatoms. The van der Waals surface area contributed by atoms with Gasteiger partial charge in [-0.25, -0.2) is 13.1 Å². The standard InChI is InChI=1S/C27H31N3O5S/c31-26(19-28-17-22-10-4-1-5-11-22)30-25(16-27(32)35-20-24-14-8-3-9-15-24)21-36(33,34)29-18-23-12-6-2-7-13-23/h1-15,25,28-29H,16-21H2,(H,30,31). The van der Waals surface area contributed by atoms with Crippen LogP contribution in [-0.4, -0.2) is 38.6 Å². The van der Waals surface area contributed by atoms with Gasteiger partial charge in [-0.3, -0.25) is 9.59 Å². The van der Waals surface area contributed by atoms with Gasteiger partial charge in [0.1, 0.15) is 6.61 Å². The van der Waals surface area contributed by atoms with Gasteiger partial charge in [0.05, 0.1) is 24.8 Å². The van der Waals surface area contributed by atoms with Crippen LogP contribution in [0, 0.1) is 0 Å². The number of ether oxygens (including phenoxy) is 1. The molecular weight excluding hydrogens is 478 g/mol. The van der Waals surface area contributed by atoms with Crippen LogP contribution in [0.25, 0.3) is 0 Å². The minimum atomic E-state index is -3.79. The molecular formula is C27H31N3O5S. The van der Waals surface area contributed by atoms with Crippen molar-refractivity contribution in [2.75, 3.05) is 12.3 Å². The van der Waals surface area contributed by atoms with Gasteiger partial charge in [0, 0.05) is 13.1 Å². The molecule has 36 heavy (non-hydrogen) atoms. The summed E-state index contributed by atoms with van der Waals surface area (Å²) in [6.45, 7) is 0.635. The monoisotopic (exact) mass is 509 g/mol.